The number of carbonyl (C=O) groups is 1. The average Bonchev–Trinajstić information content (AvgIpc) is 2.91. The highest BCUT2D eigenvalue weighted by Gasteiger charge is 2.15. The standard InChI is InChI=1S/C33H44O4/c34-31(35)26-18-13-11-9-7-5-3-1-2-4-6-8-10-12-17-24-29-32(36)28-23-19-20-25-30(28)37-33(29)27-21-15-14-16-22-27/h14-16,19-23,25H,1-13,17-18,24,26H2,(H,34,35). The van der Waals surface area contributed by atoms with Crippen molar-refractivity contribution in [1.29, 1.82) is 0 Å². The number of benzene rings is 2. The van der Waals surface area contributed by atoms with Crippen LogP contribution in [-0.2, 0) is 11.2 Å². The predicted molar refractivity (Wildman–Crippen MR) is 153 cm³/mol. The number of para-hydroxylation sites is 1. The molecule has 0 fully saturated rings. The predicted octanol–water partition coefficient (Wildman–Crippen LogP) is 9.33. The van der Waals surface area contributed by atoms with Gasteiger partial charge in [-0.1, -0.05) is 126 Å². The van der Waals surface area contributed by atoms with E-state index in [-0.39, 0.29) is 5.43 Å². The van der Waals surface area contributed by atoms with Crippen molar-refractivity contribution in [1.82, 2.24) is 0 Å². The molecule has 0 aliphatic heterocycles. The fourth-order valence-electron chi connectivity index (χ4n) is 5.11. The molecule has 0 aliphatic rings. The van der Waals surface area contributed by atoms with Gasteiger partial charge >= 0.3 is 5.97 Å². The van der Waals surface area contributed by atoms with Crippen molar-refractivity contribution in [3.63, 3.8) is 0 Å². The number of fused-ring (bicyclic) bond motifs is 1. The Morgan fingerprint density at radius 3 is 1.68 bits per heavy atom. The second kappa shape index (κ2) is 16.8. The van der Waals surface area contributed by atoms with Crippen molar-refractivity contribution in [3.8, 4) is 11.3 Å². The smallest absolute Gasteiger partial charge is 0.303 e. The molecule has 0 atom stereocenters. The molecule has 2 aromatic carbocycles. The molecule has 3 aromatic rings. The highest BCUT2D eigenvalue weighted by molar-refractivity contribution is 5.80. The van der Waals surface area contributed by atoms with Crippen molar-refractivity contribution in [2.75, 3.05) is 0 Å². The zero-order chi connectivity index (χ0) is 26.1. The topological polar surface area (TPSA) is 67.5 Å². The van der Waals surface area contributed by atoms with E-state index in [4.69, 9.17) is 9.52 Å². The van der Waals surface area contributed by atoms with E-state index < -0.39 is 5.97 Å². The Morgan fingerprint density at radius 2 is 1.11 bits per heavy atom. The molecule has 0 radical (unpaired) electrons. The molecule has 0 spiro atoms. The quantitative estimate of drug-likeness (QED) is 0.165. The summed E-state index contributed by atoms with van der Waals surface area (Å²) in [5.41, 5.74) is 2.54. The van der Waals surface area contributed by atoms with Crippen molar-refractivity contribution in [2.24, 2.45) is 0 Å². The Balaban J connectivity index is 1.28. The first-order chi connectivity index (χ1) is 18.2. The minimum Gasteiger partial charge on any atom is -0.481 e. The molecule has 4 heteroatoms. The summed E-state index contributed by atoms with van der Waals surface area (Å²) in [6.07, 6.45) is 19.2. The van der Waals surface area contributed by atoms with Crippen LogP contribution >= 0.6 is 0 Å². The minimum atomic E-state index is -0.674. The van der Waals surface area contributed by atoms with Gasteiger partial charge in [0.1, 0.15) is 11.3 Å². The first kappa shape index (κ1) is 28.7. The van der Waals surface area contributed by atoms with Gasteiger partial charge in [0.15, 0.2) is 5.43 Å². The summed E-state index contributed by atoms with van der Waals surface area (Å²) in [7, 11) is 0. The molecular formula is C33H44O4. The van der Waals surface area contributed by atoms with Crippen LogP contribution in [0.25, 0.3) is 22.3 Å². The van der Waals surface area contributed by atoms with E-state index >= 15 is 0 Å². The van der Waals surface area contributed by atoms with Gasteiger partial charge in [-0.05, 0) is 31.4 Å². The molecule has 0 amide bonds. The molecule has 0 saturated heterocycles. The van der Waals surface area contributed by atoms with E-state index in [1.807, 2.05) is 54.6 Å². The molecule has 200 valence electrons. The van der Waals surface area contributed by atoms with E-state index in [1.54, 1.807) is 0 Å². The van der Waals surface area contributed by atoms with Crippen LogP contribution in [0.5, 0.6) is 0 Å². The van der Waals surface area contributed by atoms with Crippen molar-refractivity contribution in [3.05, 3.63) is 70.4 Å². The monoisotopic (exact) mass is 504 g/mol. The van der Waals surface area contributed by atoms with Crippen LogP contribution in [0.15, 0.2) is 63.8 Å². The first-order valence-electron chi connectivity index (χ1n) is 14.5. The van der Waals surface area contributed by atoms with Crippen LogP contribution < -0.4 is 5.43 Å². The van der Waals surface area contributed by atoms with Gasteiger partial charge in [-0.15, -0.1) is 0 Å². The minimum absolute atomic E-state index is 0.110. The largest absolute Gasteiger partial charge is 0.481 e. The fraction of sp³-hybridized carbons (Fsp3) is 0.515. The Labute approximate surface area is 222 Å². The molecule has 0 saturated carbocycles. The molecule has 1 heterocycles. The zero-order valence-electron chi connectivity index (χ0n) is 22.4. The lowest BCUT2D eigenvalue weighted by atomic mass is 9.99. The summed E-state index contributed by atoms with van der Waals surface area (Å²) in [4.78, 5) is 23.7. The fourth-order valence-corrected chi connectivity index (χ4v) is 5.11. The highest BCUT2D eigenvalue weighted by atomic mass is 16.4. The van der Waals surface area contributed by atoms with E-state index in [1.165, 1.54) is 70.6 Å². The number of aliphatic carboxylic acids is 1. The van der Waals surface area contributed by atoms with E-state index in [2.05, 4.69) is 0 Å². The molecular weight excluding hydrogens is 460 g/mol. The first-order valence-corrected chi connectivity index (χ1v) is 14.5. The maximum absolute atomic E-state index is 13.3. The number of rotatable bonds is 19. The van der Waals surface area contributed by atoms with Gasteiger partial charge in [0.2, 0.25) is 0 Å². The Hall–Kier alpha value is -2.88. The van der Waals surface area contributed by atoms with Crippen LogP contribution in [0.1, 0.15) is 108 Å². The summed E-state index contributed by atoms with van der Waals surface area (Å²) in [6, 6.07) is 17.5. The van der Waals surface area contributed by atoms with Gasteiger partial charge in [-0.2, -0.15) is 0 Å². The number of carboxylic acid groups (broad SMARTS) is 1. The second-order valence-electron chi connectivity index (χ2n) is 10.3. The summed E-state index contributed by atoms with van der Waals surface area (Å²) >= 11 is 0. The summed E-state index contributed by atoms with van der Waals surface area (Å²) < 4.78 is 6.23. The van der Waals surface area contributed by atoms with Crippen molar-refractivity contribution >= 4 is 16.9 Å². The number of hydrogen-bond donors (Lipinski definition) is 1. The van der Waals surface area contributed by atoms with Gasteiger partial charge in [0, 0.05) is 17.5 Å². The molecule has 1 aromatic heterocycles. The van der Waals surface area contributed by atoms with Crippen LogP contribution in [0, 0.1) is 0 Å². The summed E-state index contributed by atoms with van der Waals surface area (Å²) in [5.74, 6) is 0.0510. The van der Waals surface area contributed by atoms with E-state index in [0.717, 1.165) is 49.0 Å². The van der Waals surface area contributed by atoms with Crippen LogP contribution in [0.3, 0.4) is 0 Å². The van der Waals surface area contributed by atoms with Crippen LogP contribution in [0.2, 0.25) is 0 Å². The van der Waals surface area contributed by atoms with E-state index in [9.17, 15) is 9.59 Å². The van der Waals surface area contributed by atoms with Gasteiger partial charge in [0.05, 0.1) is 5.39 Å². The van der Waals surface area contributed by atoms with Gasteiger partial charge < -0.3 is 9.52 Å². The third-order valence-corrected chi connectivity index (χ3v) is 7.25. The lowest BCUT2D eigenvalue weighted by Crippen LogP contribution is -2.11. The lowest BCUT2D eigenvalue weighted by molar-refractivity contribution is -0.137. The Kier molecular flexibility index (Phi) is 13.0. The SMILES string of the molecule is O=C(O)CCCCCCCCCCCCCCCCCc1c(-c2ccccc2)oc2ccccc2c1=O. The van der Waals surface area contributed by atoms with Gasteiger partial charge in [-0.3, -0.25) is 9.59 Å². The van der Waals surface area contributed by atoms with Crippen molar-refractivity contribution < 1.29 is 14.3 Å². The molecule has 3 rings (SSSR count). The third kappa shape index (κ3) is 10.2. The van der Waals surface area contributed by atoms with Crippen LogP contribution in [0.4, 0.5) is 0 Å². The summed E-state index contributed by atoms with van der Waals surface area (Å²) in [5, 5.41) is 9.32. The van der Waals surface area contributed by atoms with E-state index in [0.29, 0.717) is 17.4 Å². The zero-order valence-corrected chi connectivity index (χ0v) is 22.4. The maximum Gasteiger partial charge on any atom is 0.303 e. The molecule has 37 heavy (non-hydrogen) atoms. The third-order valence-electron chi connectivity index (χ3n) is 7.25. The molecule has 4 nitrogen and oxygen atoms in total. The normalized spacial score (nSPS) is 11.2. The molecule has 1 N–H and O–H groups in total. The number of unbranched alkanes of at least 4 members (excludes halogenated alkanes) is 14. The maximum atomic E-state index is 13.3. The van der Waals surface area contributed by atoms with Gasteiger partial charge in [-0.25, -0.2) is 0 Å². The van der Waals surface area contributed by atoms with Crippen LogP contribution in [-0.4, -0.2) is 11.1 Å². The Morgan fingerprint density at radius 1 is 0.622 bits per heavy atom. The molecule has 0 aliphatic carbocycles. The average molecular weight is 505 g/mol. The van der Waals surface area contributed by atoms with Crippen molar-refractivity contribution in [2.45, 2.75) is 109 Å². The molecule has 0 bridgehead atoms. The van der Waals surface area contributed by atoms with Gasteiger partial charge in [0.25, 0.3) is 0 Å². The summed E-state index contributed by atoms with van der Waals surface area (Å²) in [6.45, 7) is 0. The lowest BCUT2D eigenvalue weighted by Gasteiger charge is -2.10. The number of hydrogen-bond acceptors (Lipinski definition) is 3. The Bertz CT molecular complexity index is 1120. The second-order valence-corrected chi connectivity index (χ2v) is 10.3. The highest BCUT2D eigenvalue weighted by Crippen LogP contribution is 2.27. The number of carboxylic acids is 1. The molecule has 0 unspecified atom stereocenters.